The first-order chi connectivity index (χ1) is 10.9. The molecule has 23 heavy (non-hydrogen) atoms. The largest absolute Gasteiger partial charge is 0.481 e. The first kappa shape index (κ1) is 15.2. The summed E-state index contributed by atoms with van der Waals surface area (Å²) in [6.45, 7) is 4.53. The Kier molecular flexibility index (Phi) is 3.20. The van der Waals surface area contributed by atoms with Crippen LogP contribution in [0, 0.1) is 34.5 Å². The molecule has 0 aromatic rings. The number of hydrogen-bond acceptors (Lipinski definition) is 2. The average molecular weight is 317 g/mol. The number of carbonyl (C=O) groups is 2. The third-order valence-electron chi connectivity index (χ3n) is 7.98. The molecule has 2 N–H and O–H groups in total. The van der Waals surface area contributed by atoms with E-state index in [2.05, 4.69) is 25.2 Å². The molecule has 0 saturated heterocycles. The van der Waals surface area contributed by atoms with Crippen molar-refractivity contribution < 1.29 is 14.7 Å². The molecule has 126 valence electrons. The summed E-state index contributed by atoms with van der Waals surface area (Å²) in [6, 6.07) is 0.252. The van der Waals surface area contributed by atoms with Crippen LogP contribution in [-0.2, 0) is 9.59 Å². The lowest BCUT2D eigenvalue weighted by Gasteiger charge is -2.58. The van der Waals surface area contributed by atoms with Crippen molar-refractivity contribution >= 4 is 11.9 Å². The fourth-order valence-electron chi connectivity index (χ4n) is 6.74. The number of carboxylic acids is 1. The van der Waals surface area contributed by atoms with Gasteiger partial charge in [0.05, 0.1) is 5.92 Å². The molecular weight excluding hydrogens is 290 g/mol. The summed E-state index contributed by atoms with van der Waals surface area (Å²) < 4.78 is 0. The van der Waals surface area contributed by atoms with Crippen molar-refractivity contribution in [1.29, 1.82) is 0 Å². The zero-order valence-corrected chi connectivity index (χ0v) is 14.0. The molecule has 4 aliphatic rings. The molecule has 0 unspecified atom stereocenters. The quantitative estimate of drug-likeness (QED) is 0.781. The van der Waals surface area contributed by atoms with Gasteiger partial charge in [-0.3, -0.25) is 9.59 Å². The van der Waals surface area contributed by atoms with Gasteiger partial charge in [-0.1, -0.05) is 19.9 Å². The van der Waals surface area contributed by atoms with Crippen LogP contribution in [0.15, 0.2) is 12.2 Å². The maximum absolute atomic E-state index is 11.7. The molecule has 0 bridgehead atoms. The summed E-state index contributed by atoms with van der Waals surface area (Å²) in [5.74, 6) is 0.992. The number of fused-ring (bicyclic) bond motifs is 5. The second kappa shape index (κ2) is 4.84. The summed E-state index contributed by atoms with van der Waals surface area (Å²) in [7, 11) is 0. The van der Waals surface area contributed by atoms with Crippen molar-refractivity contribution in [2.75, 3.05) is 0 Å². The average Bonchev–Trinajstić information content (AvgIpc) is 2.85. The summed E-state index contributed by atoms with van der Waals surface area (Å²) in [5, 5.41) is 12.8. The van der Waals surface area contributed by atoms with Crippen LogP contribution in [0.1, 0.15) is 52.4 Å². The van der Waals surface area contributed by atoms with E-state index in [1.54, 1.807) is 6.08 Å². The molecule has 1 amide bonds. The van der Waals surface area contributed by atoms with E-state index >= 15 is 0 Å². The predicted octanol–water partition coefficient (Wildman–Crippen LogP) is 2.98. The minimum Gasteiger partial charge on any atom is -0.481 e. The van der Waals surface area contributed by atoms with Crippen molar-refractivity contribution in [2.24, 2.45) is 34.5 Å². The first-order valence-electron chi connectivity index (χ1n) is 9.09. The van der Waals surface area contributed by atoms with Crippen LogP contribution >= 0.6 is 0 Å². The maximum atomic E-state index is 11.7. The monoisotopic (exact) mass is 317 g/mol. The third-order valence-corrected chi connectivity index (χ3v) is 7.98. The van der Waals surface area contributed by atoms with Crippen molar-refractivity contribution in [1.82, 2.24) is 5.32 Å². The standard InChI is InChI=1S/C19H27NO3/c1-18-9-7-13-11(12(18)4-5-14(18)17(22)23)3-6-15-19(13,2)10-8-16(21)20-15/h8,10-15H,3-7,9H2,1-2H3,(H,20,21)(H,22,23)/t11-,12+,13-,14-,15-,18+,19-/m1/s1. The lowest BCUT2D eigenvalue weighted by atomic mass is 9.48. The van der Waals surface area contributed by atoms with Crippen LogP contribution in [0.5, 0.6) is 0 Å². The summed E-state index contributed by atoms with van der Waals surface area (Å²) in [5.41, 5.74) is 0.0112. The molecule has 0 spiro atoms. The summed E-state index contributed by atoms with van der Waals surface area (Å²) in [4.78, 5) is 23.4. The number of nitrogens with one attached hydrogen (secondary N) is 1. The van der Waals surface area contributed by atoms with Gasteiger partial charge in [-0.25, -0.2) is 0 Å². The van der Waals surface area contributed by atoms with E-state index < -0.39 is 5.97 Å². The zero-order chi connectivity index (χ0) is 16.4. The maximum Gasteiger partial charge on any atom is 0.307 e. The molecule has 0 radical (unpaired) electrons. The van der Waals surface area contributed by atoms with Crippen molar-refractivity contribution in [3.63, 3.8) is 0 Å². The Morgan fingerprint density at radius 2 is 1.96 bits per heavy atom. The molecule has 1 heterocycles. The Hall–Kier alpha value is -1.32. The van der Waals surface area contributed by atoms with E-state index in [4.69, 9.17) is 0 Å². The van der Waals surface area contributed by atoms with Crippen LogP contribution < -0.4 is 5.32 Å². The molecule has 3 aliphatic carbocycles. The SMILES string of the molecule is C[C@]12C=CC(=O)N[C@@H]1CC[C@H]1[C@H]2CC[C@]2(C)[C@@H](C(=O)O)CC[C@@H]12. The molecule has 0 aromatic carbocycles. The lowest BCUT2D eigenvalue weighted by molar-refractivity contribution is -0.150. The van der Waals surface area contributed by atoms with Crippen LogP contribution in [0.4, 0.5) is 0 Å². The van der Waals surface area contributed by atoms with Gasteiger partial charge in [0.25, 0.3) is 0 Å². The third kappa shape index (κ3) is 1.96. The van der Waals surface area contributed by atoms with Gasteiger partial charge in [0, 0.05) is 11.5 Å². The van der Waals surface area contributed by atoms with Gasteiger partial charge >= 0.3 is 5.97 Å². The Balaban J connectivity index is 1.66. The Morgan fingerprint density at radius 1 is 1.17 bits per heavy atom. The highest BCUT2D eigenvalue weighted by atomic mass is 16.4. The fraction of sp³-hybridized carbons (Fsp3) is 0.789. The van der Waals surface area contributed by atoms with Crippen LogP contribution in [0.25, 0.3) is 0 Å². The van der Waals surface area contributed by atoms with Crippen molar-refractivity contribution in [2.45, 2.75) is 58.4 Å². The van der Waals surface area contributed by atoms with Gasteiger partial charge in [0.15, 0.2) is 0 Å². The van der Waals surface area contributed by atoms with E-state index in [1.807, 2.05) is 0 Å². The van der Waals surface area contributed by atoms with Crippen LogP contribution in [-0.4, -0.2) is 23.0 Å². The van der Waals surface area contributed by atoms with E-state index in [-0.39, 0.29) is 28.7 Å². The predicted molar refractivity (Wildman–Crippen MR) is 86.6 cm³/mol. The molecule has 3 saturated carbocycles. The Labute approximate surface area is 137 Å². The van der Waals surface area contributed by atoms with Gasteiger partial charge in [-0.15, -0.1) is 0 Å². The number of carbonyl (C=O) groups excluding carboxylic acids is 1. The number of rotatable bonds is 1. The van der Waals surface area contributed by atoms with Gasteiger partial charge in [0.1, 0.15) is 0 Å². The number of hydrogen-bond donors (Lipinski definition) is 2. The normalized spacial score (nSPS) is 51.4. The van der Waals surface area contributed by atoms with Crippen LogP contribution in [0.2, 0.25) is 0 Å². The first-order valence-corrected chi connectivity index (χ1v) is 9.09. The number of amides is 1. The molecule has 3 fully saturated rings. The second-order valence-corrected chi connectivity index (χ2v) is 8.73. The molecule has 0 aromatic heterocycles. The van der Waals surface area contributed by atoms with Crippen molar-refractivity contribution in [3.8, 4) is 0 Å². The van der Waals surface area contributed by atoms with Gasteiger partial charge in [0.2, 0.25) is 5.91 Å². The van der Waals surface area contributed by atoms with Gasteiger partial charge in [-0.2, -0.15) is 0 Å². The van der Waals surface area contributed by atoms with E-state index in [1.165, 1.54) is 0 Å². The number of carboxylic acid groups (broad SMARTS) is 1. The minimum atomic E-state index is -0.599. The lowest BCUT2D eigenvalue weighted by Crippen LogP contribution is -2.59. The Bertz CT molecular complexity index is 585. The highest BCUT2D eigenvalue weighted by Gasteiger charge is 2.60. The van der Waals surface area contributed by atoms with Gasteiger partial charge in [-0.05, 0) is 67.8 Å². The highest BCUT2D eigenvalue weighted by Crippen LogP contribution is 2.64. The van der Waals surface area contributed by atoms with E-state index in [0.29, 0.717) is 17.8 Å². The van der Waals surface area contributed by atoms with E-state index in [9.17, 15) is 14.7 Å². The van der Waals surface area contributed by atoms with Crippen molar-refractivity contribution in [3.05, 3.63) is 12.2 Å². The fourth-order valence-corrected chi connectivity index (χ4v) is 6.74. The molecule has 4 rings (SSSR count). The highest BCUT2D eigenvalue weighted by molar-refractivity contribution is 5.89. The minimum absolute atomic E-state index is 0.0299. The molecule has 1 aliphatic heterocycles. The van der Waals surface area contributed by atoms with E-state index in [0.717, 1.165) is 38.5 Å². The summed E-state index contributed by atoms with van der Waals surface area (Å²) in [6.07, 6.45) is 10.0. The molecule has 4 heteroatoms. The molecule has 7 atom stereocenters. The summed E-state index contributed by atoms with van der Waals surface area (Å²) >= 11 is 0. The molecule has 4 nitrogen and oxygen atoms in total. The zero-order valence-electron chi connectivity index (χ0n) is 14.0. The smallest absolute Gasteiger partial charge is 0.307 e. The van der Waals surface area contributed by atoms with Gasteiger partial charge < -0.3 is 10.4 Å². The number of aliphatic carboxylic acids is 1. The Morgan fingerprint density at radius 3 is 2.70 bits per heavy atom. The van der Waals surface area contributed by atoms with Crippen LogP contribution in [0.3, 0.4) is 0 Å². The molecular formula is C19H27NO3. The second-order valence-electron chi connectivity index (χ2n) is 8.73. The topological polar surface area (TPSA) is 66.4 Å².